The Bertz CT molecular complexity index is 240. The smallest absolute Gasteiger partial charge is 0.192 e. The summed E-state index contributed by atoms with van der Waals surface area (Å²) in [6.45, 7) is 12.0. The molecule has 15 heavy (non-hydrogen) atoms. The molecule has 0 bridgehead atoms. The summed E-state index contributed by atoms with van der Waals surface area (Å²) >= 11 is 0. The van der Waals surface area contributed by atoms with Gasteiger partial charge < -0.3 is 9.53 Å². The first-order valence-electron chi connectivity index (χ1n) is 5.73. The van der Waals surface area contributed by atoms with E-state index >= 15 is 0 Å². The van der Waals surface area contributed by atoms with Gasteiger partial charge in [0.15, 0.2) is 8.32 Å². The van der Waals surface area contributed by atoms with E-state index in [-0.39, 0.29) is 11.1 Å². The molecule has 2 atom stereocenters. The standard InChI is InChI=1S/C12H24O2Si/c1-12(2,3)15(4,5)14-9-10-6-7-11(13)8-10/h6-7,10-11,13H,8-9H2,1-5H3/t10-,11+/m1/s1. The van der Waals surface area contributed by atoms with Crippen LogP contribution in [0.1, 0.15) is 27.2 Å². The maximum absolute atomic E-state index is 9.36. The van der Waals surface area contributed by atoms with Crippen LogP contribution in [0.15, 0.2) is 12.2 Å². The van der Waals surface area contributed by atoms with Gasteiger partial charge in [-0.1, -0.05) is 32.9 Å². The molecule has 0 fully saturated rings. The minimum atomic E-state index is -1.61. The average molecular weight is 228 g/mol. The fourth-order valence-corrected chi connectivity index (χ4v) is 2.47. The predicted molar refractivity (Wildman–Crippen MR) is 66.4 cm³/mol. The second-order valence-electron chi connectivity index (χ2n) is 6.02. The molecule has 1 aliphatic rings. The van der Waals surface area contributed by atoms with Gasteiger partial charge in [-0.3, -0.25) is 0 Å². The fraction of sp³-hybridized carbons (Fsp3) is 0.833. The van der Waals surface area contributed by atoms with E-state index in [2.05, 4.69) is 39.9 Å². The van der Waals surface area contributed by atoms with Crippen LogP contribution in [-0.2, 0) is 4.43 Å². The molecule has 88 valence electrons. The zero-order chi connectivity index (χ0) is 11.7. The summed E-state index contributed by atoms with van der Waals surface area (Å²) in [6.07, 6.45) is 4.53. The van der Waals surface area contributed by atoms with E-state index in [1.165, 1.54) is 0 Å². The lowest BCUT2D eigenvalue weighted by Crippen LogP contribution is -2.41. The number of hydrogen-bond acceptors (Lipinski definition) is 2. The molecule has 0 heterocycles. The zero-order valence-corrected chi connectivity index (χ0v) is 11.6. The van der Waals surface area contributed by atoms with Crippen LogP contribution in [0.4, 0.5) is 0 Å². The summed E-state index contributed by atoms with van der Waals surface area (Å²) in [4.78, 5) is 0. The molecule has 3 heteroatoms. The molecule has 1 rings (SSSR count). The fourth-order valence-electron chi connectivity index (χ4n) is 1.41. The zero-order valence-electron chi connectivity index (χ0n) is 10.6. The Morgan fingerprint density at radius 3 is 2.33 bits per heavy atom. The lowest BCUT2D eigenvalue weighted by atomic mass is 10.1. The third kappa shape index (κ3) is 3.43. The summed E-state index contributed by atoms with van der Waals surface area (Å²) in [5.41, 5.74) is 0. The van der Waals surface area contributed by atoms with Crippen LogP contribution < -0.4 is 0 Å². The number of rotatable bonds is 3. The van der Waals surface area contributed by atoms with E-state index < -0.39 is 8.32 Å². The Balaban J connectivity index is 2.40. The molecule has 0 saturated heterocycles. The number of aliphatic hydroxyl groups excluding tert-OH is 1. The SMILES string of the molecule is CC(C)(C)[Si](C)(C)OC[C@@H]1C=C[C@H](O)C1. The first-order valence-corrected chi connectivity index (χ1v) is 8.63. The van der Waals surface area contributed by atoms with E-state index in [1.54, 1.807) is 0 Å². The first-order chi connectivity index (χ1) is 6.72. The molecular formula is C12H24O2Si. The minimum Gasteiger partial charge on any atom is -0.416 e. The Morgan fingerprint density at radius 2 is 1.93 bits per heavy atom. The highest BCUT2D eigenvalue weighted by molar-refractivity contribution is 6.74. The molecule has 0 saturated carbocycles. The van der Waals surface area contributed by atoms with Crippen molar-refractivity contribution in [3.63, 3.8) is 0 Å². The van der Waals surface area contributed by atoms with Crippen molar-refractivity contribution in [3.8, 4) is 0 Å². The quantitative estimate of drug-likeness (QED) is 0.594. The largest absolute Gasteiger partial charge is 0.416 e. The maximum Gasteiger partial charge on any atom is 0.192 e. The van der Waals surface area contributed by atoms with Crippen LogP contribution in [0, 0.1) is 5.92 Å². The van der Waals surface area contributed by atoms with Gasteiger partial charge in [0.25, 0.3) is 0 Å². The topological polar surface area (TPSA) is 29.5 Å². The molecule has 0 spiro atoms. The maximum atomic E-state index is 9.36. The van der Waals surface area contributed by atoms with Crippen LogP contribution in [0.5, 0.6) is 0 Å². The van der Waals surface area contributed by atoms with Gasteiger partial charge in [0.05, 0.1) is 6.10 Å². The van der Waals surface area contributed by atoms with Gasteiger partial charge >= 0.3 is 0 Å². The van der Waals surface area contributed by atoms with E-state index in [9.17, 15) is 5.11 Å². The molecule has 0 aliphatic heterocycles. The molecule has 0 unspecified atom stereocenters. The Morgan fingerprint density at radius 1 is 1.33 bits per heavy atom. The summed E-state index contributed by atoms with van der Waals surface area (Å²) in [5.74, 6) is 0.411. The van der Waals surface area contributed by atoms with Crippen LogP contribution in [0.2, 0.25) is 18.1 Å². The average Bonchev–Trinajstić information content (AvgIpc) is 2.46. The molecule has 1 aliphatic carbocycles. The lowest BCUT2D eigenvalue weighted by Gasteiger charge is -2.36. The third-order valence-corrected chi connectivity index (χ3v) is 8.11. The molecule has 2 nitrogen and oxygen atoms in total. The summed E-state index contributed by atoms with van der Waals surface area (Å²) in [5, 5.41) is 9.63. The summed E-state index contributed by atoms with van der Waals surface area (Å²) < 4.78 is 6.10. The van der Waals surface area contributed by atoms with Gasteiger partial charge in [0, 0.05) is 12.5 Å². The normalized spacial score (nSPS) is 27.3. The van der Waals surface area contributed by atoms with Crippen molar-refractivity contribution in [3.05, 3.63) is 12.2 Å². The highest BCUT2D eigenvalue weighted by atomic mass is 28.4. The van der Waals surface area contributed by atoms with Gasteiger partial charge in [-0.25, -0.2) is 0 Å². The van der Waals surface area contributed by atoms with E-state index in [1.807, 2.05) is 6.08 Å². The van der Waals surface area contributed by atoms with E-state index in [0.29, 0.717) is 5.92 Å². The molecule has 0 radical (unpaired) electrons. The number of hydrogen-bond donors (Lipinski definition) is 1. The Labute approximate surface area is 94.5 Å². The molecule has 0 amide bonds. The van der Waals surface area contributed by atoms with Crippen LogP contribution >= 0.6 is 0 Å². The Kier molecular flexibility index (Phi) is 3.79. The van der Waals surface area contributed by atoms with Crippen molar-refractivity contribution < 1.29 is 9.53 Å². The van der Waals surface area contributed by atoms with Gasteiger partial charge in [0.1, 0.15) is 0 Å². The first kappa shape index (κ1) is 12.9. The molecule has 1 N–H and O–H groups in total. The summed E-state index contributed by atoms with van der Waals surface area (Å²) in [6, 6.07) is 0. The van der Waals surface area contributed by atoms with Crippen molar-refractivity contribution in [1.29, 1.82) is 0 Å². The molecule has 0 aromatic heterocycles. The highest BCUT2D eigenvalue weighted by Crippen LogP contribution is 2.37. The molecular weight excluding hydrogens is 204 g/mol. The van der Waals surface area contributed by atoms with E-state index in [4.69, 9.17) is 4.43 Å². The van der Waals surface area contributed by atoms with Crippen molar-refractivity contribution in [2.24, 2.45) is 5.92 Å². The predicted octanol–water partition coefficient (Wildman–Crippen LogP) is 2.95. The van der Waals surface area contributed by atoms with Gasteiger partial charge in [-0.2, -0.15) is 0 Å². The van der Waals surface area contributed by atoms with Crippen molar-refractivity contribution in [1.82, 2.24) is 0 Å². The van der Waals surface area contributed by atoms with Crippen LogP contribution in [0.3, 0.4) is 0 Å². The number of aliphatic hydroxyl groups is 1. The van der Waals surface area contributed by atoms with Crippen LogP contribution in [0.25, 0.3) is 0 Å². The van der Waals surface area contributed by atoms with Crippen LogP contribution in [-0.4, -0.2) is 26.1 Å². The van der Waals surface area contributed by atoms with Gasteiger partial charge in [-0.05, 0) is 24.6 Å². The third-order valence-electron chi connectivity index (χ3n) is 3.61. The van der Waals surface area contributed by atoms with Gasteiger partial charge in [0.2, 0.25) is 0 Å². The second-order valence-corrected chi connectivity index (χ2v) is 10.8. The summed E-state index contributed by atoms with van der Waals surface area (Å²) in [7, 11) is -1.61. The Hall–Kier alpha value is -0.123. The van der Waals surface area contributed by atoms with Crippen molar-refractivity contribution in [2.75, 3.05) is 6.61 Å². The van der Waals surface area contributed by atoms with Crippen molar-refractivity contribution in [2.45, 2.75) is 51.4 Å². The lowest BCUT2D eigenvalue weighted by molar-refractivity contribution is 0.182. The second kappa shape index (κ2) is 4.40. The minimum absolute atomic E-state index is 0.252. The van der Waals surface area contributed by atoms with E-state index in [0.717, 1.165) is 13.0 Å². The molecule has 0 aromatic rings. The molecule has 0 aromatic carbocycles. The highest BCUT2D eigenvalue weighted by Gasteiger charge is 2.37. The van der Waals surface area contributed by atoms with Crippen molar-refractivity contribution >= 4 is 8.32 Å². The monoisotopic (exact) mass is 228 g/mol. The van der Waals surface area contributed by atoms with Gasteiger partial charge in [-0.15, -0.1) is 0 Å².